The number of hydrogen-bond acceptors (Lipinski definition) is 5. The number of carbonyl (C=O) groups is 1. The summed E-state index contributed by atoms with van der Waals surface area (Å²) in [5.74, 6) is -0.0722. The van der Waals surface area contributed by atoms with Crippen molar-refractivity contribution >= 4 is 17.7 Å². The molecule has 1 unspecified atom stereocenters. The monoisotopic (exact) mass is 224 g/mol. The van der Waals surface area contributed by atoms with Gasteiger partial charge in [0.25, 0.3) is 5.56 Å². The molecule has 0 aliphatic carbocycles. The summed E-state index contributed by atoms with van der Waals surface area (Å²) in [6, 6.07) is 1.15. The Labute approximate surface area is 90.9 Å². The van der Waals surface area contributed by atoms with Crippen molar-refractivity contribution in [2.45, 2.75) is 6.42 Å². The van der Waals surface area contributed by atoms with Crippen LogP contribution in [0.1, 0.15) is 6.42 Å². The van der Waals surface area contributed by atoms with Gasteiger partial charge in [0, 0.05) is 31.6 Å². The van der Waals surface area contributed by atoms with Gasteiger partial charge >= 0.3 is 0 Å². The first-order valence-electron chi connectivity index (χ1n) is 4.88. The second-order valence-electron chi connectivity index (χ2n) is 3.75. The molecule has 1 atom stereocenters. The van der Waals surface area contributed by atoms with Crippen LogP contribution in [0.3, 0.4) is 0 Å². The first-order chi connectivity index (χ1) is 7.60. The van der Waals surface area contributed by atoms with Gasteiger partial charge in [-0.3, -0.25) is 19.5 Å². The minimum absolute atomic E-state index is 0.0607. The second kappa shape index (κ2) is 3.93. The van der Waals surface area contributed by atoms with Crippen molar-refractivity contribution in [2.24, 2.45) is 5.92 Å². The standard InChI is InChI=1S/C9H12N4O3/c10-6-2-7(15)12-9(11-6)13-3-5(4-14)1-8(13)16/h2,5,14H,1,3-4H2,(H3,10,11,12,15). The van der Waals surface area contributed by atoms with E-state index in [0.29, 0.717) is 6.54 Å². The molecule has 7 nitrogen and oxygen atoms in total. The maximum absolute atomic E-state index is 11.6. The van der Waals surface area contributed by atoms with E-state index in [-0.39, 0.29) is 36.6 Å². The summed E-state index contributed by atoms with van der Waals surface area (Å²) in [5.41, 5.74) is 5.02. The molecule has 2 rings (SSSR count). The van der Waals surface area contributed by atoms with E-state index in [9.17, 15) is 9.59 Å². The molecule has 1 saturated heterocycles. The third kappa shape index (κ3) is 1.89. The molecule has 0 radical (unpaired) electrons. The average molecular weight is 224 g/mol. The van der Waals surface area contributed by atoms with Crippen LogP contribution in [0.5, 0.6) is 0 Å². The summed E-state index contributed by atoms with van der Waals surface area (Å²) < 4.78 is 0. The Bertz CT molecular complexity index is 470. The van der Waals surface area contributed by atoms with Crippen LogP contribution in [0.2, 0.25) is 0 Å². The number of anilines is 2. The van der Waals surface area contributed by atoms with Crippen molar-refractivity contribution in [3.05, 3.63) is 16.4 Å². The van der Waals surface area contributed by atoms with E-state index in [2.05, 4.69) is 9.97 Å². The molecule has 1 fully saturated rings. The lowest BCUT2D eigenvalue weighted by atomic mass is 10.1. The Balaban J connectivity index is 2.31. The molecule has 86 valence electrons. The summed E-state index contributed by atoms with van der Waals surface area (Å²) in [7, 11) is 0. The van der Waals surface area contributed by atoms with E-state index in [0.717, 1.165) is 6.07 Å². The number of rotatable bonds is 2. The van der Waals surface area contributed by atoms with Crippen LogP contribution in [0.4, 0.5) is 11.8 Å². The van der Waals surface area contributed by atoms with Gasteiger partial charge in [0.2, 0.25) is 11.9 Å². The lowest BCUT2D eigenvalue weighted by Gasteiger charge is -2.14. The van der Waals surface area contributed by atoms with Crippen molar-refractivity contribution in [2.75, 3.05) is 23.8 Å². The first-order valence-corrected chi connectivity index (χ1v) is 4.88. The summed E-state index contributed by atoms with van der Waals surface area (Å²) in [4.78, 5) is 30.4. The van der Waals surface area contributed by atoms with Crippen molar-refractivity contribution in [3.8, 4) is 0 Å². The van der Waals surface area contributed by atoms with Crippen LogP contribution >= 0.6 is 0 Å². The number of nitrogens with zero attached hydrogens (tertiary/aromatic N) is 2. The minimum Gasteiger partial charge on any atom is -0.396 e. The number of nitrogens with two attached hydrogens (primary N) is 1. The highest BCUT2D eigenvalue weighted by Gasteiger charge is 2.31. The van der Waals surface area contributed by atoms with Gasteiger partial charge in [-0.1, -0.05) is 0 Å². The Morgan fingerprint density at radius 3 is 2.94 bits per heavy atom. The predicted molar refractivity (Wildman–Crippen MR) is 56.8 cm³/mol. The summed E-state index contributed by atoms with van der Waals surface area (Å²) in [5, 5.41) is 8.96. The molecular formula is C9H12N4O3. The molecule has 16 heavy (non-hydrogen) atoms. The molecule has 1 aliphatic heterocycles. The molecule has 1 aromatic heterocycles. The summed E-state index contributed by atoms with van der Waals surface area (Å²) in [6.07, 6.45) is 0.259. The van der Waals surface area contributed by atoms with E-state index in [1.165, 1.54) is 4.90 Å². The van der Waals surface area contributed by atoms with Gasteiger partial charge in [0.05, 0.1) is 0 Å². The van der Waals surface area contributed by atoms with Crippen molar-refractivity contribution < 1.29 is 9.90 Å². The maximum atomic E-state index is 11.6. The molecular weight excluding hydrogens is 212 g/mol. The lowest BCUT2D eigenvalue weighted by Crippen LogP contribution is -2.29. The highest BCUT2D eigenvalue weighted by atomic mass is 16.3. The number of aliphatic hydroxyl groups is 1. The Kier molecular flexibility index (Phi) is 2.61. The minimum atomic E-state index is -0.400. The fourth-order valence-electron chi connectivity index (χ4n) is 1.70. The number of H-pyrrole nitrogens is 1. The number of nitrogens with one attached hydrogen (secondary N) is 1. The third-order valence-corrected chi connectivity index (χ3v) is 2.47. The van der Waals surface area contributed by atoms with E-state index in [4.69, 9.17) is 10.8 Å². The summed E-state index contributed by atoms with van der Waals surface area (Å²) in [6.45, 7) is 0.288. The zero-order valence-corrected chi connectivity index (χ0v) is 8.51. The fraction of sp³-hybridized carbons (Fsp3) is 0.444. The number of aromatic amines is 1. The van der Waals surface area contributed by atoms with E-state index in [1.807, 2.05) is 0 Å². The lowest BCUT2D eigenvalue weighted by molar-refractivity contribution is -0.117. The van der Waals surface area contributed by atoms with Crippen LogP contribution in [-0.4, -0.2) is 34.1 Å². The van der Waals surface area contributed by atoms with Crippen molar-refractivity contribution in [1.82, 2.24) is 9.97 Å². The van der Waals surface area contributed by atoms with Gasteiger partial charge in [0.15, 0.2) is 0 Å². The number of nitrogen functional groups attached to an aromatic ring is 1. The molecule has 0 aromatic carbocycles. The zero-order chi connectivity index (χ0) is 11.7. The Hall–Kier alpha value is -1.89. The molecule has 0 spiro atoms. The van der Waals surface area contributed by atoms with Crippen LogP contribution in [0, 0.1) is 5.92 Å². The number of amides is 1. The largest absolute Gasteiger partial charge is 0.396 e. The maximum Gasteiger partial charge on any atom is 0.254 e. The summed E-state index contributed by atoms with van der Waals surface area (Å²) >= 11 is 0. The molecule has 0 saturated carbocycles. The van der Waals surface area contributed by atoms with E-state index >= 15 is 0 Å². The Morgan fingerprint density at radius 1 is 1.62 bits per heavy atom. The van der Waals surface area contributed by atoms with Gasteiger partial charge in [-0.2, -0.15) is 4.98 Å². The smallest absolute Gasteiger partial charge is 0.254 e. The number of aromatic nitrogens is 2. The van der Waals surface area contributed by atoms with E-state index in [1.54, 1.807) is 0 Å². The third-order valence-electron chi connectivity index (χ3n) is 2.47. The number of aliphatic hydroxyl groups excluding tert-OH is 1. The van der Waals surface area contributed by atoms with Crippen LogP contribution in [-0.2, 0) is 4.79 Å². The molecule has 1 amide bonds. The number of carbonyl (C=O) groups excluding carboxylic acids is 1. The average Bonchev–Trinajstić information content (AvgIpc) is 2.58. The van der Waals surface area contributed by atoms with Crippen LogP contribution in [0.15, 0.2) is 10.9 Å². The molecule has 2 heterocycles. The molecule has 7 heteroatoms. The van der Waals surface area contributed by atoms with Crippen molar-refractivity contribution in [3.63, 3.8) is 0 Å². The normalized spacial score (nSPS) is 20.4. The van der Waals surface area contributed by atoms with Crippen molar-refractivity contribution in [1.29, 1.82) is 0 Å². The Morgan fingerprint density at radius 2 is 2.38 bits per heavy atom. The van der Waals surface area contributed by atoms with Gasteiger partial charge in [-0.25, -0.2) is 0 Å². The predicted octanol–water partition coefficient (Wildman–Crippen LogP) is -1.30. The highest BCUT2D eigenvalue weighted by molar-refractivity contribution is 5.94. The SMILES string of the molecule is Nc1cc(=O)[nH]c(N2CC(CO)CC2=O)n1. The van der Waals surface area contributed by atoms with Gasteiger partial charge in [0.1, 0.15) is 5.82 Å². The molecule has 1 aromatic rings. The fourth-order valence-corrected chi connectivity index (χ4v) is 1.70. The topological polar surface area (TPSA) is 112 Å². The van der Waals surface area contributed by atoms with Crippen LogP contribution in [0.25, 0.3) is 0 Å². The molecule has 1 aliphatic rings. The van der Waals surface area contributed by atoms with Gasteiger partial charge in [-0.15, -0.1) is 0 Å². The first kappa shape index (κ1) is 10.6. The zero-order valence-electron chi connectivity index (χ0n) is 8.51. The number of hydrogen-bond donors (Lipinski definition) is 3. The quantitative estimate of drug-likeness (QED) is 0.577. The highest BCUT2D eigenvalue weighted by Crippen LogP contribution is 2.21. The van der Waals surface area contributed by atoms with Crippen LogP contribution < -0.4 is 16.2 Å². The molecule has 4 N–H and O–H groups in total. The second-order valence-corrected chi connectivity index (χ2v) is 3.75. The van der Waals surface area contributed by atoms with Gasteiger partial charge in [-0.05, 0) is 0 Å². The van der Waals surface area contributed by atoms with Gasteiger partial charge < -0.3 is 10.8 Å². The molecule has 0 bridgehead atoms. The van der Waals surface area contributed by atoms with E-state index < -0.39 is 5.56 Å².